The van der Waals surface area contributed by atoms with Crippen LogP contribution in [0.4, 0.5) is 0 Å². The number of nitrogens with one attached hydrogen (secondary N) is 1. The zero-order valence-corrected chi connectivity index (χ0v) is 19.7. The van der Waals surface area contributed by atoms with Gasteiger partial charge in [-0.1, -0.05) is 24.3 Å². The summed E-state index contributed by atoms with van der Waals surface area (Å²) in [5, 5.41) is 8.05. The molecule has 3 aromatic rings. The van der Waals surface area contributed by atoms with Gasteiger partial charge in [-0.3, -0.25) is 9.59 Å². The third-order valence-electron chi connectivity index (χ3n) is 5.75. The van der Waals surface area contributed by atoms with Crippen LogP contribution < -0.4 is 10.1 Å². The zero-order chi connectivity index (χ0) is 22.3. The Balaban J connectivity index is 1.20. The summed E-state index contributed by atoms with van der Waals surface area (Å²) in [5.41, 5.74) is 1.93. The summed E-state index contributed by atoms with van der Waals surface area (Å²) in [6.45, 7) is 1.70. The molecule has 6 nitrogen and oxygen atoms in total. The van der Waals surface area contributed by atoms with Gasteiger partial charge in [0.2, 0.25) is 11.8 Å². The van der Waals surface area contributed by atoms with Gasteiger partial charge in [-0.15, -0.1) is 22.7 Å². The third-order valence-corrected chi connectivity index (χ3v) is 7.68. The summed E-state index contributed by atoms with van der Waals surface area (Å²) in [6, 6.07) is 11.9. The lowest BCUT2D eigenvalue weighted by Gasteiger charge is -2.31. The molecular formula is C24H27N3O3S2. The van der Waals surface area contributed by atoms with Crippen molar-refractivity contribution in [2.24, 2.45) is 5.92 Å². The number of benzene rings is 1. The number of carbonyl (C=O) groups is 2. The van der Waals surface area contributed by atoms with Gasteiger partial charge in [0, 0.05) is 30.8 Å². The number of methoxy groups -OCH3 is 1. The number of aryl methyl sites for hydroxylation is 1. The number of amides is 2. The molecule has 1 aliphatic heterocycles. The largest absolute Gasteiger partial charge is 0.496 e. The van der Waals surface area contributed by atoms with E-state index in [-0.39, 0.29) is 17.7 Å². The molecule has 32 heavy (non-hydrogen) atoms. The van der Waals surface area contributed by atoms with Gasteiger partial charge in [0.1, 0.15) is 10.8 Å². The van der Waals surface area contributed by atoms with Crippen molar-refractivity contribution in [2.45, 2.75) is 32.2 Å². The van der Waals surface area contributed by atoms with Crippen molar-refractivity contribution in [3.8, 4) is 15.6 Å². The summed E-state index contributed by atoms with van der Waals surface area (Å²) in [5.74, 6) is 0.956. The number of hydrogen-bond donors (Lipinski definition) is 1. The second-order valence-electron chi connectivity index (χ2n) is 7.81. The molecule has 0 atom stereocenters. The van der Waals surface area contributed by atoms with E-state index in [9.17, 15) is 9.59 Å². The van der Waals surface area contributed by atoms with Gasteiger partial charge in [0.05, 0.1) is 24.2 Å². The molecule has 168 valence electrons. The van der Waals surface area contributed by atoms with Crippen LogP contribution in [-0.4, -0.2) is 41.9 Å². The van der Waals surface area contributed by atoms with E-state index in [0.717, 1.165) is 26.9 Å². The molecule has 1 N–H and O–H groups in total. The molecule has 1 aliphatic rings. The van der Waals surface area contributed by atoms with Gasteiger partial charge < -0.3 is 15.0 Å². The van der Waals surface area contributed by atoms with Gasteiger partial charge in [-0.25, -0.2) is 4.98 Å². The number of likely N-dealkylation sites (tertiary alicyclic amines) is 1. The Hall–Kier alpha value is -2.71. The molecule has 0 aliphatic carbocycles. The van der Waals surface area contributed by atoms with Gasteiger partial charge in [-0.2, -0.15) is 0 Å². The fraction of sp³-hybridized carbons (Fsp3) is 0.375. The Kier molecular flexibility index (Phi) is 7.55. The molecular weight excluding hydrogens is 442 g/mol. The zero-order valence-electron chi connectivity index (χ0n) is 18.1. The number of carbonyl (C=O) groups excluding carboxylic acids is 2. The first kappa shape index (κ1) is 22.5. The van der Waals surface area contributed by atoms with Crippen LogP contribution in [0.3, 0.4) is 0 Å². The van der Waals surface area contributed by atoms with E-state index in [1.807, 2.05) is 46.0 Å². The number of hydrogen-bond acceptors (Lipinski definition) is 6. The molecule has 3 heterocycles. The highest BCUT2D eigenvalue weighted by atomic mass is 32.1. The van der Waals surface area contributed by atoms with Crippen molar-refractivity contribution < 1.29 is 14.3 Å². The van der Waals surface area contributed by atoms with Gasteiger partial charge in [0.25, 0.3) is 0 Å². The minimum absolute atomic E-state index is 0.0522. The van der Waals surface area contributed by atoms with Crippen LogP contribution in [0.1, 0.15) is 30.5 Å². The maximum Gasteiger partial charge on any atom is 0.223 e. The first-order valence-corrected chi connectivity index (χ1v) is 12.6. The Bertz CT molecular complexity index is 1040. The van der Waals surface area contributed by atoms with Crippen molar-refractivity contribution in [2.75, 3.05) is 20.2 Å². The summed E-state index contributed by atoms with van der Waals surface area (Å²) in [4.78, 5) is 32.9. The summed E-state index contributed by atoms with van der Waals surface area (Å²) in [7, 11) is 1.65. The van der Waals surface area contributed by atoms with Crippen LogP contribution in [0.25, 0.3) is 9.88 Å². The Labute approximate surface area is 196 Å². The Morgan fingerprint density at radius 3 is 2.72 bits per heavy atom. The number of nitrogens with zero attached hydrogens (tertiary/aromatic N) is 2. The van der Waals surface area contributed by atoms with E-state index in [0.29, 0.717) is 45.3 Å². The highest BCUT2D eigenvalue weighted by Crippen LogP contribution is 2.28. The quantitative estimate of drug-likeness (QED) is 0.532. The van der Waals surface area contributed by atoms with Gasteiger partial charge in [-0.05, 0) is 42.3 Å². The summed E-state index contributed by atoms with van der Waals surface area (Å²) in [6.07, 6.45) is 2.51. The molecule has 0 radical (unpaired) electrons. The lowest BCUT2D eigenvalue weighted by atomic mass is 9.95. The highest BCUT2D eigenvalue weighted by molar-refractivity contribution is 7.20. The smallest absolute Gasteiger partial charge is 0.223 e. The van der Waals surface area contributed by atoms with E-state index in [2.05, 4.69) is 16.4 Å². The first-order valence-electron chi connectivity index (χ1n) is 10.8. The fourth-order valence-corrected chi connectivity index (χ4v) is 5.56. The SMILES string of the molecule is COc1ccccc1CCC(=O)N1CCC(C(=O)NCc2csc(-c3cccs3)n2)CC1. The number of ether oxygens (including phenoxy) is 1. The van der Waals surface area contributed by atoms with E-state index < -0.39 is 0 Å². The molecule has 4 rings (SSSR count). The maximum absolute atomic E-state index is 12.6. The van der Waals surface area contributed by atoms with Crippen LogP contribution in [0.15, 0.2) is 47.2 Å². The Morgan fingerprint density at radius 2 is 1.97 bits per heavy atom. The Morgan fingerprint density at radius 1 is 1.16 bits per heavy atom. The van der Waals surface area contributed by atoms with Crippen LogP contribution in [0.5, 0.6) is 5.75 Å². The molecule has 8 heteroatoms. The monoisotopic (exact) mass is 469 g/mol. The lowest BCUT2D eigenvalue weighted by Crippen LogP contribution is -2.43. The number of aromatic nitrogens is 1. The predicted octanol–water partition coefficient (Wildman–Crippen LogP) is 4.37. The topological polar surface area (TPSA) is 71.5 Å². The van der Waals surface area contributed by atoms with Crippen molar-refractivity contribution in [1.82, 2.24) is 15.2 Å². The number of thiophene rings is 1. The second-order valence-corrected chi connectivity index (χ2v) is 9.61. The second kappa shape index (κ2) is 10.7. The van der Waals surface area contributed by atoms with E-state index >= 15 is 0 Å². The van der Waals surface area contributed by atoms with Crippen molar-refractivity contribution in [1.29, 1.82) is 0 Å². The number of thiazole rings is 1. The highest BCUT2D eigenvalue weighted by Gasteiger charge is 2.27. The molecule has 0 bridgehead atoms. The van der Waals surface area contributed by atoms with Crippen LogP contribution in [-0.2, 0) is 22.6 Å². The van der Waals surface area contributed by atoms with E-state index in [1.54, 1.807) is 29.8 Å². The molecule has 0 unspecified atom stereocenters. The average molecular weight is 470 g/mol. The van der Waals surface area contributed by atoms with Crippen LogP contribution in [0, 0.1) is 5.92 Å². The first-order chi connectivity index (χ1) is 15.6. The molecule has 0 spiro atoms. The minimum Gasteiger partial charge on any atom is -0.496 e. The van der Waals surface area contributed by atoms with E-state index in [1.165, 1.54) is 0 Å². The number of rotatable bonds is 8. The minimum atomic E-state index is -0.0522. The van der Waals surface area contributed by atoms with Crippen LogP contribution >= 0.6 is 22.7 Å². The molecule has 0 saturated carbocycles. The third kappa shape index (κ3) is 5.55. The predicted molar refractivity (Wildman–Crippen MR) is 128 cm³/mol. The average Bonchev–Trinajstić information content (AvgIpc) is 3.53. The maximum atomic E-state index is 12.6. The van der Waals surface area contributed by atoms with E-state index in [4.69, 9.17) is 4.74 Å². The normalized spacial score (nSPS) is 14.3. The van der Waals surface area contributed by atoms with Gasteiger partial charge >= 0.3 is 0 Å². The molecule has 1 aromatic carbocycles. The number of piperidine rings is 1. The van der Waals surface area contributed by atoms with Crippen molar-refractivity contribution in [3.05, 3.63) is 58.4 Å². The summed E-state index contributed by atoms with van der Waals surface area (Å²) >= 11 is 3.26. The van der Waals surface area contributed by atoms with Crippen LogP contribution in [0.2, 0.25) is 0 Å². The standard InChI is InChI=1S/C24H27N3O3S2/c1-30-20-6-3-2-5-17(20)8-9-22(28)27-12-10-18(11-13-27)23(29)25-15-19-16-32-24(26-19)21-7-4-14-31-21/h2-7,14,16,18H,8-13,15H2,1H3,(H,25,29). The molecule has 2 amide bonds. The molecule has 2 aromatic heterocycles. The lowest BCUT2D eigenvalue weighted by molar-refractivity contribution is -0.135. The molecule has 1 fully saturated rings. The molecule has 1 saturated heterocycles. The number of para-hydroxylation sites is 1. The van der Waals surface area contributed by atoms with Gasteiger partial charge in [0.15, 0.2) is 0 Å². The summed E-state index contributed by atoms with van der Waals surface area (Å²) < 4.78 is 5.37. The van der Waals surface area contributed by atoms with Crippen molar-refractivity contribution in [3.63, 3.8) is 0 Å². The fourth-order valence-electron chi connectivity index (χ4n) is 3.92. The van der Waals surface area contributed by atoms with Crippen molar-refractivity contribution >= 4 is 34.5 Å².